The standard InChI is InChI=1S/C16H18N4O2S2/c1-11-13(6-7-22-11)15-17-18-16(20(15)3)24-10-14(21)19(2)9-12-5-4-8-23-12/h4-8H,9-10H2,1-3H3. The molecule has 0 aliphatic rings. The number of aromatic nitrogens is 3. The summed E-state index contributed by atoms with van der Waals surface area (Å²) in [4.78, 5) is 15.2. The van der Waals surface area contributed by atoms with Gasteiger partial charge in [0.25, 0.3) is 0 Å². The van der Waals surface area contributed by atoms with Crippen LogP contribution in [0.3, 0.4) is 0 Å². The van der Waals surface area contributed by atoms with Crippen molar-refractivity contribution < 1.29 is 9.21 Å². The summed E-state index contributed by atoms with van der Waals surface area (Å²) < 4.78 is 7.20. The molecule has 0 fully saturated rings. The Labute approximate surface area is 148 Å². The van der Waals surface area contributed by atoms with Crippen molar-refractivity contribution in [2.45, 2.75) is 18.6 Å². The van der Waals surface area contributed by atoms with Gasteiger partial charge in [-0.2, -0.15) is 0 Å². The highest BCUT2D eigenvalue weighted by Gasteiger charge is 2.17. The lowest BCUT2D eigenvalue weighted by Crippen LogP contribution is -2.27. The van der Waals surface area contributed by atoms with E-state index in [9.17, 15) is 4.79 Å². The Bertz CT molecular complexity index is 823. The molecule has 0 bridgehead atoms. The normalized spacial score (nSPS) is 11.0. The van der Waals surface area contributed by atoms with E-state index in [4.69, 9.17) is 4.42 Å². The summed E-state index contributed by atoms with van der Waals surface area (Å²) >= 11 is 3.04. The lowest BCUT2D eigenvalue weighted by atomic mass is 10.2. The molecule has 0 spiro atoms. The lowest BCUT2D eigenvalue weighted by molar-refractivity contribution is -0.127. The number of hydrogen-bond acceptors (Lipinski definition) is 6. The summed E-state index contributed by atoms with van der Waals surface area (Å²) in [5, 5.41) is 11.1. The molecule has 0 N–H and O–H groups in total. The molecular formula is C16H18N4O2S2. The molecule has 3 aromatic heterocycles. The van der Waals surface area contributed by atoms with Gasteiger partial charge in [-0.25, -0.2) is 0 Å². The van der Waals surface area contributed by atoms with Gasteiger partial charge in [0, 0.05) is 19.0 Å². The first-order chi connectivity index (χ1) is 11.6. The predicted molar refractivity (Wildman–Crippen MR) is 95.0 cm³/mol. The number of rotatable bonds is 6. The molecule has 0 unspecified atom stereocenters. The molecular weight excluding hydrogens is 344 g/mol. The van der Waals surface area contributed by atoms with Crippen LogP contribution in [0.4, 0.5) is 0 Å². The number of amides is 1. The van der Waals surface area contributed by atoms with Gasteiger partial charge in [-0.15, -0.1) is 21.5 Å². The summed E-state index contributed by atoms with van der Waals surface area (Å²) in [6, 6.07) is 5.89. The molecule has 0 aromatic carbocycles. The van der Waals surface area contributed by atoms with E-state index in [1.807, 2.05) is 49.2 Å². The molecule has 6 nitrogen and oxygen atoms in total. The summed E-state index contributed by atoms with van der Waals surface area (Å²) in [5.41, 5.74) is 0.915. The summed E-state index contributed by atoms with van der Waals surface area (Å²) in [6.07, 6.45) is 1.63. The predicted octanol–water partition coefficient (Wildman–Crippen LogP) is 3.20. The SMILES string of the molecule is Cc1occc1-c1nnc(SCC(=O)N(C)Cc2cccs2)n1C. The lowest BCUT2D eigenvalue weighted by Gasteiger charge is -2.15. The fourth-order valence-electron chi connectivity index (χ4n) is 2.25. The van der Waals surface area contributed by atoms with Crippen molar-refractivity contribution in [1.82, 2.24) is 19.7 Å². The number of thioether (sulfide) groups is 1. The van der Waals surface area contributed by atoms with Crippen LogP contribution in [0.2, 0.25) is 0 Å². The van der Waals surface area contributed by atoms with Gasteiger partial charge in [-0.3, -0.25) is 4.79 Å². The second-order valence-electron chi connectivity index (χ2n) is 5.37. The van der Waals surface area contributed by atoms with Gasteiger partial charge in [0.15, 0.2) is 11.0 Å². The molecule has 0 aliphatic heterocycles. The zero-order chi connectivity index (χ0) is 17.1. The van der Waals surface area contributed by atoms with Crippen LogP contribution in [-0.2, 0) is 18.4 Å². The fraction of sp³-hybridized carbons (Fsp3) is 0.312. The van der Waals surface area contributed by atoms with Gasteiger partial charge in [-0.05, 0) is 24.4 Å². The van der Waals surface area contributed by atoms with Crippen LogP contribution >= 0.6 is 23.1 Å². The molecule has 0 saturated heterocycles. The maximum atomic E-state index is 12.3. The Morgan fingerprint density at radius 1 is 1.42 bits per heavy atom. The zero-order valence-electron chi connectivity index (χ0n) is 13.7. The summed E-state index contributed by atoms with van der Waals surface area (Å²) in [6.45, 7) is 2.52. The highest BCUT2D eigenvalue weighted by atomic mass is 32.2. The van der Waals surface area contributed by atoms with Gasteiger partial charge < -0.3 is 13.9 Å². The van der Waals surface area contributed by atoms with Gasteiger partial charge in [0.2, 0.25) is 5.91 Å². The Kier molecular flexibility index (Phi) is 5.06. The number of thiophene rings is 1. The second-order valence-corrected chi connectivity index (χ2v) is 7.35. The van der Waals surface area contributed by atoms with Crippen LogP contribution in [0, 0.1) is 6.92 Å². The van der Waals surface area contributed by atoms with E-state index in [1.165, 1.54) is 16.6 Å². The summed E-state index contributed by atoms with van der Waals surface area (Å²) in [5.74, 6) is 1.94. The first-order valence-electron chi connectivity index (χ1n) is 7.39. The highest BCUT2D eigenvalue weighted by Crippen LogP contribution is 2.26. The largest absolute Gasteiger partial charge is 0.469 e. The minimum atomic E-state index is 0.0671. The Balaban J connectivity index is 1.62. The average molecular weight is 362 g/mol. The number of hydrogen-bond donors (Lipinski definition) is 0. The van der Waals surface area contributed by atoms with Crippen molar-refractivity contribution in [3.05, 3.63) is 40.5 Å². The molecule has 126 valence electrons. The van der Waals surface area contributed by atoms with Crippen LogP contribution in [0.5, 0.6) is 0 Å². The van der Waals surface area contributed by atoms with E-state index in [2.05, 4.69) is 10.2 Å². The molecule has 3 aromatic rings. The van der Waals surface area contributed by atoms with Crippen molar-refractivity contribution in [2.75, 3.05) is 12.8 Å². The maximum Gasteiger partial charge on any atom is 0.233 e. The van der Waals surface area contributed by atoms with Crippen LogP contribution < -0.4 is 0 Å². The van der Waals surface area contributed by atoms with Gasteiger partial charge in [0.05, 0.1) is 24.1 Å². The first-order valence-corrected chi connectivity index (χ1v) is 9.25. The Hall–Kier alpha value is -2.06. The van der Waals surface area contributed by atoms with Crippen molar-refractivity contribution in [3.8, 4) is 11.4 Å². The third kappa shape index (κ3) is 3.54. The van der Waals surface area contributed by atoms with Crippen molar-refractivity contribution in [3.63, 3.8) is 0 Å². The van der Waals surface area contributed by atoms with Crippen molar-refractivity contribution >= 4 is 29.0 Å². The molecule has 1 amide bonds. The monoisotopic (exact) mass is 362 g/mol. The molecule has 0 aliphatic carbocycles. The highest BCUT2D eigenvalue weighted by molar-refractivity contribution is 7.99. The molecule has 24 heavy (non-hydrogen) atoms. The Morgan fingerprint density at radius 3 is 2.92 bits per heavy atom. The van der Waals surface area contributed by atoms with Crippen molar-refractivity contribution in [2.24, 2.45) is 7.05 Å². The van der Waals surface area contributed by atoms with Crippen molar-refractivity contribution in [1.29, 1.82) is 0 Å². The van der Waals surface area contributed by atoms with Crippen LogP contribution in [0.1, 0.15) is 10.6 Å². The number of carbonyl (C=O) groups excluding carboxylic acids is 1. The third-order valence-corrected chi connectivity index (χ3v) is 5.52. The van der Waals surface area contributed by atoms with Gasteiger partial charge in [0.1, 0.15) is 5.76 Å². The van der Waals surface area contributed by atoms with E-state index >= 15 is 0 Å². The van der Waals surface area contributed by atoms with Gasteiger partial charge in [-0.1, -0.05) is 17.8 Å². The van der Waals surface area contributed by atoms with Crippen LogP contribution in [-0.4, -0.2) is 38.4 Å². The molecule has 0 radical (unpaired) electrons. The quantitative estimate of drug-likeness (QED) is 0.630. The number of aryl methyl sites for hydroxylation is 1. The van der Waals surface area contributed by atoms with E-state index in [-0.39, 0.29) is 5.91 Å². The van der Waals surface area contributed by atoms with E-state index in [0.29, 0.717) is 17.5 Å². The van der Waals surface area contributed by atoms with E-state index < -0.39 is 0 Å². The van der Waals surface area contributed by atoms with Gasteiger partial charge >= 0.3 is 0 Å². The average Bonchev–Trinajstić information content (AvgIpc) is 3.28. The minimum absolute atomic E-state index is 0.0671. The zero-order valence-corrected chi connectivity index (χ0v) is 15.4. The van der Waals surface area contributed by atoms with Crippen LogP contribution in [0.25, 0.3) is 11.4 Å². The number of nitrogens with zero attached hydrogens (tertiary/aromatic N) is 4. The molecule has 3 heterocycles. The van der Waals surface area contributed by atoms with E-state index in [1.54, 1.807) is 22.5 Å². The maximum absolute atomic E-state index is 12.3. The molecule has 3 rings (SSSR count). The number of carbonyl (C=O) groups is 1. The topological polar surface area (TPSA) is 64.2 Å². The summed E-state index contributed by atoms with van der Waals surface area (Å²) in [7, 11) is 3.71. The Morgan fingerprint density at radius 2 is 2.25 bits per heavy atom. The number of furan rings is 1. The molecule has 8 heteroatoms. The molecule has 0 atom stereocenters. The second kappa shape index (κ2) is 7.23. The van der Waals surface area contributed by atoms with E-state index in [0.717, 1.165) is 17.1 Å². The minimum Gasteiger partial charge on any atom is -0.469 e. The molecule has 0 saturated carbocycles. The van der Waals surface area contributed by atoms with Crippen LogP contribution in [0.15, 0.2) is 39.4 Å². The smallest absolute Gasteiger partial charge is 0.233 e. The fourth-order valence-corrected chi connectivity index (χ4v) is 3.86. The first kappa shape index (κ1) is 16.8. The third-order valence-electron chi connectivity index (χ3n) is 3.66.